The predicted octanol–water partition coefficient (Wildman–Crippen LogP) is 2.69. The van der Waals surface area contributed by atoms with Crippen LogP contribution in [0.1, 0.15) is 35.3 Å². The van der Waals surface area contributed by atoms with E-state index in [1.807, 2.05) is 32.0 Å². The van der Waals surface area contributed by atoms with E-state index < -0.39 is 11.7 Å². The summed E-state index contributed by atoms with van der Waals surface area (Å²) in [4.78, 5) is 12.6. The minimum atomic E-state index is -1.93. The van der Waals surface area contributed by atoms with Crippen LogP contribution in [0, 0.1) is 19.8 Å². The summed E-state index contributed by atoms with van der Waals surface area (Å²) in [7, 11) is 0. The molecule has 2 N–H and O–H groups in total. The van der Waals surface area contributed by atoms with Crippen LogP contribution in [0.25, 0.3) is 0 Å². The van der Waals surface area contributed by atoms with Gasteiger partial charge in [0.1, 0.15) is 0 Å². The van der Waals surface area contributed by atoms with Crippen molar-refractivity contribution in [1.29, 1.82) is 0 Å². The molecule has 3 nitrogen and oxygen atoms in total. The second-order valence-electron chi connectivity index (χ2n) is 5.64. The number of rotatable bonds is 2. The highest BCUT2D eigenvalue weighted by Crippen LogP contribution is 2.31. The topological polar surface area (TPSA) is 57.5 Å². The minimum Gasteiger partial charge on any atom is -0.359 e. The highest BCUT2D eigenvalue weighted by molar-refractivity contribution is 6.00. The number of ketones is 1. The van der Waals surface area contributed by atoms with Crippen molar-refractivity contribution in [3.63, 3.8) is 0 Å². The number of aliphatic hydroxyl groups is 2. The summed E-state index contributed by atoms with van der Waals surface area (Å²) < 4.78 is 0. The second kappa shape index (κ2) is 5.00. The maximum absolute atomic E-state index is 12.6. The Bertz CT molecular complexity index is 579. The van der Waals surface area contributed by atoms with Gasteiger partial charge < -0.3 is 10.2 Å². The molecule has 20 heavy (non-hydrogen) atoms. The lowest BCUT2D eigenvalue weighted by molar-refractivity contribution is -0.0962. The third kappa shape index (κ3) is 2.60. The molecule has 0 unspecified atom stereocenters. The first-order valence-corrected chi connectivity index (χ1v) is 6.67. The Morgan fingerprint density at radius 2 is 1.40 bits per heavy atom. The van der Waals surface area contributed by atoms with Gasteiger partial charge in [-0.15, -0.1) is 0 Å². The first-order valence-electron chi connectivity index (χ1n) is 6.67. The van der Waals surface area contributed by atoms with Gasteiger partial charge in [-0.1, -0.05) is 29.3 Å². The Balaban J connectivity index is 2.38. The number of aryl methyl sites for hydroxylation is 2. The summed E-state index contributed by atoms with van der Waals surface area (Å²) >= 11 is 0. The van der Waals surface area contributed by atoms with Crippen LogP contribution in [0.5, 0.6) is 0 Å². The number of benzene rings is 1. The molecule has 0 radical (unpaired) electrons. The van der Waals surface area contributed by atoms with Crippen molar-refractivity contribution in [2.24, 2.45) is 5.92 Å². The van der Waals surface area contributed by atoms with Crippen LogP contribution < -0.4 is 0 Å². The van der Waals surface area contributed by atoms with Crippen LogP contribution in [0.4, 0.5) is 0 Å². The van der Waals surface area contributed by atoms with Gasteiger partial charge in [0.15, 0.2) is 5.78 Å². The van der Waals surface area contributed by atoms with Gasteiger partial charge in [-0.2, -0.15) is 0 Å². The highest BCUT2D eigenvalue weighted by Gasteiger charge is 2.34. The van der Waals surface area contributed by atoms with Crippen molar-refractivity contribution in [1.82, 2.24) is 0 Å². The van der Waals surface area contributed by atoms with E-state index in [-0.39, 0.29) is 5.78 Å². The quantitative estimate of drug-likeness (QED) is 0.494. The SMILES string of the molecule is CC1=CC(C(=O)c2cc(C)cc(C)c2)C=C(C)C1(O)O. The molecule has 0 saturated carbocycles. The molecule has 1 aliphatic carbocycles. The Morgan fingerprint density at radius 3 is 1.85 bits per heavy atom. The average molecular weight is 272 g/mol. The maximum atomic E-state index is 12.6. The Kier molecular flexibility index (Phi) is 3.67. The Morgan fingerprint density at radius 1 is 0.950 bits per heavy atom. The van der Waals surface area contributed by atoms with E-state index in [1.54, 1.807) is 26.0 Å². The molecule has 0 fully saturated rings. The molecule has 0 saturated heterocycles. The molecule has 1 aliphatic rings. The fourth-order valence-electron chi connectivity index (χ4n) is 2.59. The van der Waals surface area contributed by atoms with Gasteiger partial charge in [-0.3, -0.25) is 4.79 Å². The minimum absolute atomic E-state index is 0.0222. The monoisotopic (exact) mass is 272 g/mol. The second-order valence-corrected chi connectivity index (χ2v) is 5.64. The predicted molar refractivity (Wildman–Crippen MR) is 78.4 cm³/mol. The van der Waals surface area contributed by atoms with Gasteiger partial charge >= 0.3 is 0 Å². The Labute approximate surface area is 119 Å². The van der Waals surface area contributed by atoms with Crippen molar-refractivity contribution in [2.45, 2.75) is 33.5 Å². The molecule has 1 aromatic rings. The van der Waals surface area contributed by atoms with Crippen molar-refractivity contribution >= 4 is 5.78 Å². The third-order valence-electron chi connectivity index (χ3n) is 3.77. The molecule has 0 aliphatic heterocycles. The molecule has 0 amide bonds. The van der Waals surface area contributed by atoms with Crippen LogP contribution in [-0.2, 0) is 0 Å². The fourth-order valence-corrected chi connectivity index (χ4v) is 2.59. The maximum Gasteiger partial charge on any atom is 0.208 e. The lowest BCUT2D eigenvalue weighted by atomic mass is 9.84. The number of carbonyl (C=O) groups is 1. The first-order chi connectivity index (χ1) is 9.21. The van der Waals surface area contributed by atoms with E-state index in [4.69, 9.17) is 0 Å². The van der Waals surface area contributed by atoms with E-state index in [1.165, 1.54) is 0 Å². The first kappa shape index (κ1) is 14.7. The number of allylic oxidation sites excluding steroid dienone is 2. The smallest absolute Gasteiger partial charge is 0.208 e. The van der Waals surface area contributed by atoms with Crippen molar-refractivity contribution in [3.05, 3.63) is 58.2 Å². The van der Waals surface area contributed by atoms with Crippen molar-refractivity contribution in [3.8, 4) is 0 Å². The van der Waals surface area contributed by atoms with Crippen LogP contribution in [0.15, 0.2) is 41.5 Å². The van der Waals surface area contributed by atoms with Gasteiger partial charge in [-0.05, 0) is 51.0 Å². The molecular weight excluding hydrogens is 252 g/mol. The van der Waals surface area contributed by atoms with Crippen LogP contribution >= 0.6 is 0 Å². The molecular formula is C17H20O3. The lowest BCUT2D eigenvalue weighted by Crippen LogP contribution is -2.35. The molecule has 0 bridgehead atoms. The summed E-state index contributed by atoms with van der Waals surface area (Å²) in [6.45, 7) is 7.16. The molecule has 3 heteroatoms. The molecule has 1 aromatic carbocycles. The van der Waals surface area contributed by atoms with E-state index in [2.05, 4.69) is 0 Å². The number of carbonyl (C=O) groups excluding carboxylic acids is 1. The summed E-state index contributed by atoms with van der Waals surface area (Å²) in [5.41, 5.74) is 3.53. The van der Waals surface area contributed by atoms with Gasteiger partial charge in [0.25, 0.3) is 0 Å². The average Bonchev–Trinajstić information content (AvgIpc) is 2.34. The number of hydrogen-bond donors (Lipinski definition) is 2. The summed E-state index contributed by atoms with van der Waals surface area (Å²) in [6.07, 6.45) is 3.24. The van der Waals surface area contributed by atoms with E-state index in [0.29, 0.717) is 16.7 Å². The van der Waals surface area contributed by atoms with Crippen molar-refractivity contribution in [2.75, 3.05) is 0 Å². The largest absolute Gasteiger partial charge is 0.359 e. The van der Waals surface area contributed by atoms with Crippen LogP contribution in [0.3, 0.4) is 0 Å². The zero-order chi connectivity index (χ0) is 15.1. The molecule has 2 rings (SSSR count). The van der Waals surface area contributed by atoms with Crippen molar-refractivity contribution < 1.29 is 15.0 Å². The van der Waals surface area contributed by atoms with Gasteiger partial charge in [0.2, 0.25) is 5.79 Å². The third-order valence-corrected chi connectivity index (χ3v) is 3.77. The summed E-state index contributed by atoms with van der Waals surface area (Å²) in [5.74, 6) is -2.39. The number of Topliss-reactive ketones (excluding diaryl/α,β-unsaturated/α-hetero) is 1. The van der Waals surface area contributed by atoms with Gasteiger partial charge in [-0.25, -0.2) is 0 Å². The lowest BCUT2D eigenvalue weighted by Gasteiger charge is -2.29. The molecule has 0 spiro atoms. The molecule has 106 valence electrons. The van der Waals surface area contributed by atoms with E-state index in [9.17, 15) is 15.0 Å². The standard InChI is InChI=1S/C17H20O3/c1-10-5-11(2)7-14(6-10)16(18)15-8-12(3)17(19,20)13(4)9-15/h5-9,15,19-20H,1-4H3. The van der Waals surface area contributed by atoms with Gasteiger partial charge in [0, 0.05) is 5.56 Å². The molecule has 0 aromatic heterocycles. The summed E-state index contributed by atoms with van der Waals surface area (Å²) in [5, 5.41) is 19.8. The highest BCUT2D eigenvalue weighted by atomic mass is 16.5. The molecule has 0 heterocycles. The Hall–Kier alpha value is -1.71. The number of hydrogen-bond acceptors (Lipinski definition) is 3. The van der Waals surface area contributed by atoms with Gasteiger partial charge in [0.05, 0.1) is 5.92 Å². The summed E-state index contributed by atoms with van der Waals surface area (Å²) in [6, 6.07) is 5.75. The fraction of sp³-hybridized carbons (Fsp3) is 0.353. The zero-order valence-electron chi connectivity index (χ0n) is 12.3. The van der Waals surface area contributed by atoms with Crippen LogP contribution in [0.2, 0.25) is 0 Å². The van der Waals surface area contributed by atoms with E-state index in [0.717, 1.165) is 11.1 Å². The van der Waals surface area contributed by atoms with Crippen LogP contribution in [-0.4, -0.2) is 21.8 Å². The normalized spacial score (nSPS) is 18.5. The van der Waals surface area contributed by atoms with E-state index >= 15 is 0 Å². The zero-order valence-corrected chi connectivity index (χ0v) is 12.3. The molecule has 0 atom stereocenters.